The van der Waals surface area contributed by atoms with E-state index in [4.69, 9.17) is 5.11 Å². The number of nitrogens with one attached hydrogen (secondary N) is 1. The van der Waals surface area contributed by atoms with Crippen molar-refractivity contribution in [2.24, 2.45) is 5.41 Å². The molecule has 7 heteroatoms. The Labute approximate surface area is 123 Å². The summed E-state index contributed by atoms with van der Waals surface area (Å²) in [6.07, 6.45) is 2.18. The summed E-state index contributed by atoms with van der Waals surface area (Å²) >= 11 is 0. The van der Waals surface area contributed by atoms with Gasteiger partial charge in [0, 0.05) is 6.04 Å². The predicted molar refractivity (Wildman–Crippen MR) is 74.0 cm³/mol. The van der Waals surface area contributed by atoms with Gasteiger partial charge in [-0.3, -0.25) is 0 Å². The Kier molecular flexibility index (Phi) is 4.37. The zero-order chi connectivity index (χ0) is 15.8. The highest BCUT2D eigenvalue weighted by molar-refractivity contribution is 7.89. The lowest BCUT2D eigenvalue weighted by atomic mass is 9.92. The van der Waals surface area contributed by atoms with Crippen molar-refractivity contribution in [3.8, 4) is 0 Å². The van der Waals surface area contributed by atoms with Crippen molar-refractivity contribution in [1.29, 1.82) is 0 Å². The van der Waals surface area contributed by atoms with Gasteiger partial charge in [-0.1, -0.05) is 13.8 Å². The smallest absolute Gasteiger partial charge is 0.243 e. The second kappa shape index (κ2) is 5.62. The first-order valence-corrected chi connectivity index (χ1v) is 8.24. The Balaban J connectivity index is 2.30. The molecule has 1 aromatic carbocycles. The van der Waals surface area contributed by atoms with Crippen LogP contribution in [0.3, 0.4) is 0 Å². The third-order valence-corrected chi connectivity index (χ3v) is 5.34. The molecule has 0 aromatic heterocycles. The van der Waals surface area contributed by atoms with Crippen molar-refractivity contribution in [1.82, 2.24) is 4.72 Å². The van der Waals surface area contributed by atoms with E-state index in [1.807, 2.05) is 13.8 Å². The SMILES string of the molecule is CC1(C)CCC(NS(=O)(=O)c2cc(CO)cc(F)c2F)C1. The molecule has 1 fully saturated rings. The van der Waals surface area contributed by atoms with Crippen molar-refractivity contribution in [3.63, 3.8) is 0 Å². The quantitative estimate of drug-likeness (QED) is 0.895. The summed E-state index contributed by atoms with van der Waals surface area (Å²) in [6.45, 7) is 3.51. The molecule has 0 bridgehead atoms. The summed E-state index contributed by atoms with van der Waals surface area (Å²) in [5, 5.41) is 8.99. The molecule has 2 N–H and O–H groups in total. The largest absolute Gasteiger partial charge is 0.392 e. The summed E-state index contributed by atoms with van der Waals surface area (Å²) in [4.78, 5) is -0.753. The number of aliphatic hydroxyl groups is 1. The molecule has 1 unspecified atom stereocenters. The van der Waals surface area contributed by atoms with Crippen LogP contribution in [0.4, 0.5) is 8.78 Å². The summed E-state index contributed by atoms with van der Waals surface area (Å²) < 4.78 is 54.1. The summed E-state index contributed by atoms with van der Waals surface area (Å²) in [5.74, 6) is -2.70. The van der Waals surface area contributed by atoms with Gasteiger partial charge in [0.25, 0.3) is 0 Å². The van der Waals surface area contributed by atoms with Gasteiger partial charge in [-0.25, -0.2) is 21.9 Å². The Morgan fingerprint density at radius 1 is 1.38 bits per heavy atom. The third-order valence-electron chi connectivity index (χ3n) is 3.82. The number of rotatable bonds is 4. The minimum atomic E-state index is -4.16. The zero-order valence-electron chi connectivity index (χ0n) is 12.0. The van der Waals surface area contributed by atoms with E-state index in [-0.39, 0.29) is 17.0 Å². The first kappa shape index (κ1) is 16.3. The van der Waals surface area contributed by atoms with Crippen molar-refractivity contribution in [2.75, 3.05) is 0 Å². The fourth-order valence-electron chi connectivity index (χ4n) is 2.72. The van der Waals surface area contributed by atoms with Crippen LogP contribution in [-0.4, -0.2) is 19.6 Å². The predicted octanol–water partition coefficient (Wildman–Crippen LogP) is 2.31. The molecule has 21 heavy (non-hydrogen) atoms. The number of sulfonamides is 1. The Bertz CT molecular complexity index is 644. The Morgan fingerprint density at radius 3 is 2.57 bits per heavy atom. The zero-order valence-corrected chi connectivity index (χ0v) is 12.8. The van der Waals surface area contributed by atoms with E-state index < -0.39 is 33.2 Å². The maximum absolute atomic E-state index is 13.8. The van der Waals surface area contributed by atoms with Crippen LogP contribution in [0.25, 0.3) is 0 Å². The maximum atomic E-state index is 13.8. The molecule has 4 nitrogen and oxygen atoms in total. The highest BCUT2D eigenvalue weighted by Gasteiger charge is 2.34. The van der Waals surface area contributed by atoms with E-state index in [2.05, 4.69) is 4.72 Å². The molecular weight excluding hydrogens is 300 g/mol. The number of benzene rings is 1. The van der Waals surface area contributed by atoms with Gasteiger partial charge in [0.2, 0.25) is 10.0 Å². The molecular formula is C14H19F2NO3S. The second-order valence-corrected chi connectivity index (χ2v) is 7.96. The molecule has 1 saturated carbocycles. The lowest BCUT2D eigenvalue weighted by Crippen LogP contribution is -2.34. The van der Waals surface area contributed by atoms with Gasteiger partial charge in [0.1, 0.15) is 4.90 Å². The highest BCUT2D eigenvalue weighted by Crippen LogP contribution is 2.37. The van der Waals surface area contributed by atoms with Gasteiger partial charge < -0.3 is 5.11 Å². The fraction of sp³-hybridized carbons (Fsp3) is 0.571. The fourth-order valence-corrected chi connectivity index (χ4v) is 4.13. The molecule has 1 aliphatic carbocycles. The highest BCUT2D eigenvalue weighted by atomic mass is 32.2. The lowest BCUT2D eigenvalue weighted by molar-refractivity contribution is 0.280. The van der Waals surface area contributed by atoms with Crippen LogP contribution in [0.2, 0.25) is 0 Å². The lowest BCUT2D eigenvalue weighted by Gasteiger charge is -2.18. The van der Waals surface area contributed by atoms with Gasteiger partial charge in [-0.2, -0.15) is 0 Å². The van der Waals surface area contributed by atoms with E-state index in [1.54, 1.807) is 0 Å². The van der Waals surface area contributed by atoms with Gasteiger partial charge in [0.05, 0.1) is 6.61 Å². The monoisotopic (exact) mass is 319 g/mol. The minimum absolute atomic E-state index is 0.0148. The van der Waals surface area contributed by atoms with E-state index in [0.29, 0.717) is 12.8 Å². The summed E-state index contributed by atoms with van der Waals surface area (Å²) in [7, 11) is -4.16. The van der Waals surface area contributed by atoms with Crippen LogP contribution in [0.15, 0.2) is 17.0 Å². The molecule has 0 aliphatic heterocycles. The van der Waals surface area contributed by atoms with Crippen LogP contribution in [0.5, 0.6) is 0 Å². The average molecular weight is 319 g/mol. The normalized spacial score (nSPS) is 21.7. The number of hydrogen-bond donors (Lipinski definition) is 2. The molecule has 1 aliphatic rings. The molecule has 0 saturated heterocycles. The minimum Gasteiger partial charge on any atom is -0.392 e. The first-order valence-electron chi connectivity index (χ1n) is 6.76. The standard InChI is InChI=1S/C14H19F2NO3S/c1-14(2)4-3-10(7-14)17-21(19,20)12-6-9(8-18)5-11(15)13(12)16/h5-6,10,17-18H,3-4,7-8H2,1-2H3. The van der Waals surface area contributed by atoms with Crippen LogP contribution in [0.1, 0.15) is 38.7 Å². The summed E-state index contributed by atoms with van der Waals surface area (Å²) in [6, 6.07) is 1.46. The van der Waals surface area contributed by atoms with Crippen LogP contribution in [0, 0.1) is 17.0 Å². The van der Waals surface area contributed by atoms with Gasteiger partial charge in [-0.15, -0.1) is 0 Å². The van der Waals surface area contributed by atoms with Gasteiger partial charge in [-0.05, 0) is 42.4 Å². The Morgan fingerprint density at radius 2 is 2.05 bits per heavy atom. The van der Waals surface area contributed by atoms with Gasteiger partial charge >= 0.3 is 0 Å². The van der Waals surface area contributed by atoms with Crippen molar-refractivity contribution >= 4 is 10.0 Å². The van der Waals surface area contributed by atoms with E-state index in [1.165, 1.54) is 0 Å². The second-order valence-electron chi connectivity index (χ2n) is 6.27. The molecule has 0 radical (unpaired) electrons. The third kappa shape index (κ3) is 3.59. The molecule has 2 rings (SSSR count). The van der Waals surface area contributed by atoms with Crippen LogP contribution in [-0.2, 0) is 16.6 Å². The van der Waals surface area contributed by atoms with Crippen LogP contribution < -0.4 is 4.72 Å². The number of hydrogen-bond acceptors (Lipinski definition) is 3. The van der Waals surface area contributed by atoms with E-state index >= 15 is 0 Å². The summed E-state index contributed by atoms with van der Waals surface area (Å²) in [5.41, 5.74) is 0.0465. The van der Waals surface area contributed by atoms with E-state index in [0.717, 1.165) is 18.6 Å². The maximum Gasteiger partial charge on any atom is 0.243 e. The van der Waals surface area contributed by atoms with Crippen molar-refractivity contribution in [3.05, 3.63) is 29.3 Å². The van der Waals surface area contributed by atoms with Crippen molar-refractivity contribution in [2.45, 2.75) is 50.7 Å². The topological polar surface area (TPSA) is 66.4 Å². The van der Waals surface area contributed by atoms with Gasteiger partial charge in [0.15, 0.2) is 11.6 Å². The molecule has 0 heterocycles. The number of aliphatic hydroxyl groups excluding tert-OH is 1. The molecule has 0 spiro atoms. The van der Waals surface area contributed by atoms with Crippen LogP contribution >= 0.6 is 0 Å². The molecule has 1 aromatic rings. The van der Waals surface area contributed by atoms with Crippen molar-refractivity contribution < 1.29 is 22.3 Å². The van der Waals surface area contributed by atoms with E-state index in [9.17, 15) is 17.2 Å². The average Bonchev–Trinajstić information content (AvgIpc) is 2.70. The molecule has 1 atom stereocenters. The molecule has 118 valence electrons. The first-order chi connectivity index (χ1) is 9.64. The Hall–Kier alpha value is -1.05. The number of halogens is 2. The molecule has 0 amide bonds.